The van der Waals surface area contributed by atoms with Gasteiger partial charge in [0.2, 0.25) is 0 Å². The fourth-order valence-electron chi connectivity index (χ4n) is 3.59. The quantitative estimate of drug-likeness (QED) is 0.354. The molecule has 1 unspecified atom stereocenters. The predicted octanol–water partition coefficient (Wildman–Crippen LogP) is 1.39. The first-order chi connectivity index (χ1) is 14.5. The van der Waals surface area contributed by atoms with Crippen LogP contribution >= 0.6 is 11.6 Å². The van der Waals surface area contributed by atoms with Crippen LogP contribution in [0.3, 0.4) is 0 Å². The summed E-state index contributed by atoms with van der Waals surface area (Å²) in [5.74, 6) is 2.89. The number of ether oxygens (including phenoxy) is 1. The normalized spacial score (nSPS) is 24.7. The van der Waals surface area contributed by atoms with Crippen molar-refractivity contribution in [1.29, 1.82) is 0 Å². The molecule has 1 fully saturated rings. The lowest BCUT2D eigenvalue weighted by Gasteiger charge is -2.21. The number of rotatable bonds is 5. The summed E-state index contributed by atoms with van der Waals surface area (Å²) in [5.41, 5.74) is 3.94. The zero-order chi connectivity index (χ0) is 21.4. The third-order valence-electron chi connectivity index (χ3n) is 5.04. The van der Waals surface area contributed by atoms with Gasteiger partial charge in [0.05, 0.1) is 18.1 Å². The summed E-state index contributed by atoms with van der Waals surface area (Å²) in [6, 6.07) is 6.49. The molecule has 5 atom stereocenters. The Hall–Kier alpha value is -2.71. The number of terminal acetylenes is 1. The van der Waals surface area contributed by atoms with E-state index in [0.717, 1.165) is 0 Å². The van der Waals surface area contributed by atoms with E-state index in [2.05, 4.69) is 21.4 Å². The van der Waals surface area contributed by atoms with E-state index in [0.29, 0.717) is 33.0 Å². The van der Waals surface area contributed by atoms with Crippen molar-refractivity contribution in [3.05, 3.63) is 52.9 Å². The number of aromatic nitrogens is 3. The van der Waals surface area contributed by atoms with Gasteiger partial charge in [-0.2, -0.15) is 0 Å². The van der Waals surface area contributed by atoms with E-state index in [9.17, 15) is 15.3 Å². The molecule has 3 heterocycles. The molecular formula is C20H19ClN4O5. The third kappa shape index (κ3) is 3.40. The second-order valence-corrected chi connectivity index (χ2v) is 7.23. The number of halogens is 1. The molecule has 1 aliphatic heterocycles. The van der Waals surface area contributed by atoms with Crippen molar-refractivity contribution in [3.8, 4) is 12.3 Å². The Balaban J connectivity index is 1.71. The topological polar surface area (TPSA) is 122 Å². The second kappa shape index (κ2) is 8.20. The number of nitrogens with one attached hydrogen (secondary N) is 1. The van der Waals surface area contributed by atoms with E-state index in [1.54, 1.807) is 30.5 Å². The van der Waals surface area contributed by atoms with Crippen molar-refractivity contribution in [2.75, 3.05) is 12.6 Å². The molecule has 30 heavy (non-hydrogen) atoms. The van der Waals surface area contributed by atoms with Gasteiger partial charge in [0.1, 0.15) is 36.4 Å². The maximum Gasteiger partial charge on any atom is 0.164 e. The number of fused-ring (bicyclic) bond motifs is 1. The van der Waals surface area contributed by atoms with Crippen LogP contribution < -0.4 is 5.48 Å². The minimum absolute atomic E-state index is 0.347. The van der Waals surface area contributed by atoms with E-state index in [1.165, 1.54) is 18.0 Å². The Morgan fingerprint density at radius 1 is 1.27 bits per heavy atom. The molecule has 0 aliphatic carbocycles. The highest BCUT2D eigenvalue weighted by atomic mass is 35.5. The molecule has 2 aromatic heterocycles. The first-order valence-corrected chi connectivity index (χ1v) is 9.40. The van der Waals surface area contributed by atoms with Crippen LogP contribution in [0, 0.1) is 12.3 Å². The summed E-state index contributed by atoms with van der Waals surface area (Å²) in [6.45, 7) is 0. The summed E-state index contributed by atoms with van der Waals surface area (Å²) < 4.78 is 7.39. The summed E-state index contributed by atoms with van der Waals surface area (Å²) >= 11 is 5.89. The number of aliphatic hydroxyl groups is 3. The molecular weight excluding hydrogens is 412 g/mol. The van der Waals surface area contributed by atoms with Gasteiger partial charge in [0.25, 0.3) is 0 Å². The van der Waals surface area contributed by atoms with Gasteiger partial charge in [0, 0.05) is 11.2 Å². The minimum atomic E-state index is -1.36. The standard InChI is InChI=1S/C20H19ClN4O5/c1-3-10-8-25(19-13(10)18(24-29-2)22-9-23-19)20-16(28)15(27)17(30-20)14(26)11-4-6-12(21)7-5-11/h1,4-9,14-17,20,26-28H,2H3,(H,22,23,24)/t14?,15-,16+,17+,20+/m0/s1. The molecule has 156 valence electrons. The van der Waals surface area contributed by atoms with Crippen molar-refractivity contribution < 1.29 is 24.9 Å². The van der Waals surface area contributed by atoms with E-state index in [-0.39, 0.29) is 0 Å². The van der Waals surface area contributed by atoms with E-state index < -0.39 is 30.6 Å². The summed E-state index contributed by atoms with van der Waals surface area (Å²) in [6.07, 6.45) is 2.49. The molecule has 4 N–H and O–H groups in total. The van der Waals surface area contributed by atoms with Crippen molar-refractivity contribution in [3.63, 3.8) is 0 Å². The lowest BCUT2D eigenvalue weighted by atomic mass is 9.99. The summed E-state index contributed by atoms with van der Waals surface area (Å²) in [5, 5.41) is 33.0. The van der Waals surface area contributed by atoms with Gasteiger partial charge in [-0.1, -0.05) is 29.7 Å². The Bertz CT molecular complexity index is 1100. The highest BCUT2D eigenvalue weighted by Gasteiger charge is 2.47. The maximum absolute atomic E-state index is 10.7. The van der Waals surface area contributed by atoms with Crippen molar-refractivity contribution in [2.45, 2.75) is 30.6 Å². The molecule has 3 aromatic rings. The first kappa shape index (κ1) is 20.6. The lowest BCUT2D eigenvalue weighted by molar-refractivity contribution is -0.0848. The van der Waals surface area contributed by atoms with Crippen molar-refractivity contribution >= 4 is 28.5 Å². The van der Waals surface area contributed by atoms with Crippen LogP contribution in [0.4, 0.5) is 5.82 Å². The highest BCUT2D eigenvalue weighted by molar-refractivity contribution is 6.30. The zero-order valence-electron chi connectivity index (χ0n) is 15.8. The second-order valence-electron chi connectivity index (χ2n) is 6.79. The molecule has 1 aromatic carbocycles. The summed E-state index contributed by atoms with van der Waals surface area (Å²) in [7, 11) is 1.43. The summed E-state index contributed by atoms with van der Waals surface area (Å²) in [4.78, 5) is 13.3. The number of anilines is 1. The molecule has 0 saturated carbocycles. The average Bonchev–Trinajstić information content (AvgIpc) is 3.27. The third-order valence-corrected chi connectivity index (χ3v) is 5.29. The van der Waals surface area contributed by atoms with Gasteiger partial charge >= 0.3 is 0 Å². The van der Waals surface area contributed by atoms with Crippen LogP contribution in [-0.4, -0.2) is 55.3 Å². The number of hydrogen-bond acceptors (Lipinski definition) is 8. The molecule has 0 radical (unpaired) electrons. The fourth-order valence-corrected chi connectivity index (χ4v) is 3.71. The Labute approximate surface area is 176 Å². The van der Waals surface area contributed by atoms with Gasteiger partial charge in [-0.15, -0.1) is 6.42 Å². The Morgan fingerprint density at radius 2 is 2.00 bits per heavy atom. The largest absolute Gasteiger partial charge is 0.387 e. The van der Waals surface area contributed by atoms with Crippen molar-refractivity contribution in [1.82, 2.24) is 14.5 Å². The highest BCUT2D eigenvalue weighted by Crippen LogP contribution is 2.39. The predicted molar refractivity (Wildman–Crippen MR) is 108 cm³/mol. The molecule has 0 spiro atoms. The van der Waals surface area contributed by atoms with Crippen LogP contribution in [0.2, 0.25) is 5.02 Å². The van der Waals surface area contributed by atoms with E-state index >= 15 is 0 Å². The van der Waals surface area contributed by atoms with E-state index in [4.69, 9.17) is 27.6 Å². The van der Waals surface area contributed by atoms with Crippen LogP contribution in [0.5, 0.6) is 0 Å². The number of nitrogens with zero attached hydrogens (tertiary/aromatic N) is 3. The van der Waals surface area contributed by atoms with E-state index in [1.807, 2.05) is 0 Å². The van der Waals surface area contributed by atoms with Crippen LogP contribution in [0.15, 0.2) is 36.8 Å². The van der Waals surface area contributed by atoms with Crippen LogP contribution in [0.1, 0.15) is 23.5 Å². The van der Waals surface area contributed by atoms with Crippen LogP contribution in [-0.2, 0) is 9.57 Å². The number of aliphatic hydroxyl groups excluding tert-OH is 3. The van der Waals surface area contributed by atoms with Crippen LogP contribution in [0.25, 0.3) is 11.0 Å². The molecule has 0 bridgehead atoms. The Morgan fingerprint density at radius 3 is 2.67 bits per heavy atom. The molecule has 9 nitrogen and oxygen atoms in total. The number of hydrogen-bond donors (Lipinski definition) is 4. The van der Waals surface area contributed by atoms with Gasteiger partial charge in [-0.25, -0.2) is 15.4 Å². The monoisotopic (exact) mass is 430 g/mol. The molecule has 1 saturated heterocycles. The molecule has 1 aliphatic rings. The lowest BCUT2D eigenvalue weighted by Crippen LogP contribution is -2.34. The van der Waals surface area contributed by atoms with Gasteiger partial charge < -0.3 is 24.6 Å². The average molecular weight is 431 g/mol. The first-order valence-electron chi connectivity index (χ1n) is 9.02. The smallest absolute Gasteiger partial charge is 0.164 e. The van der Waals surface area contributed by atoms with Gasteiger partial charge in [0.15, 0.2) is 12.0 Å². The van der Waals surface area contributed by atoms with Crippen molar-refractivity contribution in [2.24, 2.45) is 0 Å². The molecule has 0 amide bonds. The van der Waals surface area contributed by atoms with Gasteiger partial charge in [-0.05, 0) is 17.7 Å². The molecule has 10 heteroatoms. The zero-order valence-corrected chi connectivity index (χ0v) is 16.6. The Kier molecular flexibility index (Phi) is 5.62. The molecule has 4 rings (SSSR count). The number of benzene rings is 1. The SMILES string of the molecule is C#Cc1cn([C@@H]2O[C@H](C(O)c3ccc(Cl)cc3)[C@@H](O)[C@H]2O)c2ncnc(NOC)c12. The van der Waals surface area contributed by atoms with Gasteiger partial charge in [-0.3, -0.25) is 4.84 Å². The minimum Gasteiger partial charge on any atom is -0.387 e. The maximum atomic E-state index is 10.7. The fraction of sp³-hybridized carbons (Fsp3) is 0.300.